The van der Waals surface area contributed by atoms with E-state index in [0.29, 0.717) is 34.2 Å². The lowest BCUT2D eigenvalue weighted by atomic mass is 10.1. The van der Waals surface area contributed by atoms with Crippen molar-refractivity contribution in [1.82, 2.24) is 14.8 Å². The number of esters is 1. The van der Waals surface area contributed by atoms with Gasteiger partial charge in [-0.15, -0.1) is 0 Å². The molecule has 3 aromatic rings. The molecule has 1 aromatic carbocycles. The van der Waals surface area contributed by atoms with E-state index in [4.69, 9.17) is 9.47 Å². The van der Waals surface area contributed by atoms with Crippen molar-refractivity contribution >= 4 is 17.5 Å². The molecule has 3 rings (SSSR count). The summed E-state index contributed by atoms with van der Waals surface area (Å²) >= 11 is 0. The van der Waals surface area contributed by atoms with Crippen molar-refractivity contribution < 1.29 is 14.3 Å². The van der Waals surface area contributed by atoms with Gasteiger partial charge in [0.05, 0.1) is 43.3 Å². The number of hydrogen-bond donors (Lipinski definition) is 1. The van der Waals surface area contributed by atoms with E-state index in [0.717, 1.165) is 5.56 Å². The average Bonchev–Trinajstić information content (AvgIpc) is 3.05. The third-order valence-corrected chi connectivity index (χ3v) is 4.46. The Balaban J connectivity index is 2.13. The normalized spacial score (nSPS) is 11.4. The first-order valence-corrected chi connectivity index (χ1v) is 8.97. The minimum absolute atomic E-state index is 0.0850. The monoisotopic (exact) mass is 394 g/mol. The maximum atomic E-state index is 13.2. The summed E-state index contributed by atoms with van der Waals surface area (Å²) in [5.41, 5.74) is 2.37. The first-order valence-electron chi connectivity index (χ1n) is 8.97. The Kier molecular flexibility index (Phi) is 5.92. The predicted molar refractivity (Wildman–Crippen MR) is 110 cm³/mol. The first-order chi connectivity index (χ1) is 13.9. The maximum Gasteiger partial charge on any atom is 0.311 e. The number of nitrogens with one attached hydrogen (secondary N) is 1. The van der Waals surface area contributed by atoms with Crippen LogP contribution in [-0.4, -0.2) is 40.7 Å². The zero-order valence-corrected chi connectivity index (χ0v) is 16.7. The summed E-state index contributed by atoms with van der Waals surface area (Å²) in [5.74, 6) is 0.730. The van der Waals surface area contributed by atoms with Crippen molar-refractivity contribution in [1.29, 1.82) is 0 Å². The number of rotatable bonds is 6. The van der Waals surface area contributed by atoms with Crippen LogP contribution < -0.4 is 10.3 Å². The van der Waals surface area contributed by atoms with E-state index in [1.54, 1.807) is 44.5 Å². The molecular formula is C21H22N4O4. The molecule has 8 nitrogen and oxygen atoms in total. The number of aromatic nitrogens is 3. The summed E-state index contributed by atoms with van der Waals surface area (Å²) in [4.78, 5) is 33.8. The molecule has 0 aliphatic carbocycles. The molecule has 0 saturated carbocycles. The number of ether oxygens (including phenoxy) is 2. The molecule has 2 aromatic heterocycles. The summed E-state index contributed by atoms with van der Waals surface area (Å²) in [6.07, 6.45) is 1.56. The van der Waals surface area contributed by atoms with Crippen LogP contribution in [0.4, 0.5) is 5.82 Å². The molecule has 0 bridgehead atoms. The number of aliphatic imine (C=N–C) groups is 1. The van der Waals surface area contributed by atoms with Crippen molar-refractivity contribution in [2.45, 2.75) is 20.3 Å². The number of aromatic amines is 1. The fourth-order valence-electron chi connectivity index (χ4n) is 2.92. The van der Waals surface area contributed by atoms with Crippen LogP contribution in [0.5, 0.6) is 5.75 Å². The number of hydrogen-bond acceptors (Lipinski definition) is 6. The molecule has 8 heteroatoms. The van der Waals surface area contributed by atoms with Crippen molar-refractivity contribution in [3.05, 3.63) is 69.8 Å². The Morgan fingerprint density at radius 2 is 1.93 bits per heavy atom. The maximum absolute atomic E-state index is 13.2. The fourth-order valence-corrected chi connectivity index (χ4v) is 2.92. The molecule has 0 aliphatic heterocycles. The molecular weight excluding hydrogens is 372 g/mol. The van der Waals surface area contributed by atoms with Gasteiger partial charge in [0, 0.05) is 6.20 Å². The van der Waals surface area contributed by atoms with Crippen LogP contribution >= 0.6 is 0 Å². The molecule has 0 radical (unpaired) electrons. The van der Waals surface area contributed by atoms with Gasteiger partial charge in [-0.3, -0.25) is 14.7 Å². The molecule has 0 spiro atoms. The number of H-pyrrole nitrogens is 1. The molecule has 2 heterocycles. The SMILES string of the molecule is COC(=O)Cc1[nH]n(-c2ccc(OC)cc2)c(=O)c1C(C)=Nc1ncccc1C. The van der Waals surface area contributed by atoms with Crippen LogP contribution in [0, 0.1) is 6.92 Å². The standard InChI is InChI=1S/C21H22N4O4/c1-13-6-5-11-22-20(13)23-14(2)19-17(12-18(26)29-4)24-25(21(19)27)15-7-9-16(28-3)10-8-15/h5-11,24H,12H2,1-4H3. The van der Waals surface area contributed by atoms with E-state index in [1.165, 1.54) is 11.8 Å². The second-order valence-electron chi connectivity index (χ2n) is 6.40. The summed E-state index contributed by atoms with van der Waals surface area (Å²) < 4.78 is 11.3. The van der Waals surface area contributed by atoms with E-state index >= 15 is 0 Å². The smallest absolute Gasteiger partial charge is 0.311 e. The molecule has 29 heavy (non-hydrogen) atoms. The molecule has 150 valence electrons. The fraction of sp³-hybridized carbons (Fsp3) is 0.238. The lowest BCUT2D eigenvalue weighted by Crippen LogP contribution is -2.20. The van der Waals surface area contributed by atoms with Gasteiger partial charge in [-0.05, 0) is 49.7 Å². The highest BCUT2D eigenvalue weighted by Gasteiger charge is 2.20. The zero-order valence-electron chi connectivity index (χ0n) is 16.7. The van der Waals surface area contributed by atoms with Crippen molar-refractivity contribution in [3.63, 3.8) is 0 Å². The topological polar surface area (TPSA) is 98.6 Å². The molecule has 0 unspecified atom stereocenters. The Labute approximate surface area is 167 Å². The van der Waals surface area contributed by atoms with Crippen molar-refractivity contribution in [2.75, 3.05) is 14.2 Å². The van der Waals surface area contributed by atoms with Crippen LogP contribution in [-0.2, 0) is 16.0 Å². The van der Waals surface area contributed by atoms with Crippen LogP contribution in [0.2, 0.25) is 0 Å². The second-order valence-corrected chi connectivity index (χ2v) is 6.40. The highest BCUT2D eigenvalue weighted by molar-refractivity contribution is 6.01. The van der Waals surface area contributed by atoms with Gasteiger partial charge in [-0.2, -0.15) is 0 Å². The van der Waals surface area contributed by atoms with E-state index in [-0.39, 0.29) is 12.0 Å². The number of aryl methyl sites for hydroxylation is 1. The van der Waals surface area contributed by atoms with Gasteiger partial charge < -0.3 is 9.47 Å². The number of pyridine rings is 1. The summed E-state index contributed by atoms with van der Waals surface area (Å²) in [5, 5.41) is 3.01. The molecule has 0 aliphatic rings. The van der Waals surface area contributed by atoms with Crippen LogP contribution in [0.3, 0.4) is 0 Å². The third-order valence-electron chi connectivity index (χ3n) is 4.46. The molecule has 0 saturated heterocycles. The number of carbonyl (C=O) groups is 1. The molecule has 1 N–H and O–H groups in total. The van der Waals surface area contributed by atoms with Crippen LogP contribution in [0.15, 0.2) is 52.4 Å². The highest BCUT2D eigenvalue weighted by Crippen LogP contribution is 2.18. The number of methoxy groups -OCH3 is 2. The lowest BCUT2D eigenvalue weighted by molar-refractivity contribution is -0.139. The Morgan fingerprint density at radius 1 is 1.21 bits per heavy atom. The summed E-state index contributed by atoms with van der Waals surface area (Å²) in [7, 11) is 2.88. The largest absolute Gasteiger partial charge is 0.497 e. The Hall–Kier alpha value is -3.68. The van der Waals surface area contributed by atoms with Gasteiger partial charge in [0.15, 0.2) is 5.82 Å². The van der Waals surface area contributed by atoms with Crippen LogP contribution in [0.1, 0.15) is 23.7 Å². The van der Waals surface area contributed by atoms with Gasteiger partial charge in [0.25, 0.3) is 5.56 Å². The lowest BCUT2D eigenvalue weighted by Gasteiger charge is -2.03. The minimum Gasteiger partial charge on any atom is -0.497 e. The molecule has 0 fully saturated rings. The van der Waals surface area contributed by atoms with Crippen molar-refractivity contribution in [3.8, 4) is 11.4 Å². The van der Waals surface area contributed by atoms with Gasteiger partial charge in [-0.1, -0.05) is 6.07 Å². The van der Waals surface area contributed by atoms with Gasteiger partial charge in [0.2, 0.25) is 0 Å². The van der Waals surface area contributed by atoms with E-state index in [9.17, 15) is 9.59 Å². The number of benzene rings is 1. The van der Waals surface area contributed by atoms with Gasteiger partial charge >= 0.3 is 5.97 Å². The molecule has 0 amide bonds. The first kappa shape index (κ1) is 20.1. The quantitative estimate of drug-likeness (QED) is 0.512. The van der Waals surface area contributed by atoms with Gasteiger partial charge in [0.1, 0.15) is 5.75 Å². The highest BCUT2D eigenvalue weighted by atomic mass is 16.5. The van der Waals surface area contributed by atoms with E-state index < -0.39 is 5.97 Å². The van der Waals surface area contributed by atoms with Crippen LogP contribution in [0.25, 0.3) is 5.69 Å². The van der Waals surface area contributed by atoms with Gasteiger partial charge in [-0.25, -0.2) is 14.7 Å². The third kappa shape index (κ3) is 4.26. The predicted octanol–water partition coefficient (Wildman–Crippen LogP) is 2.73. The van der Waals surface area contributed by atoms with Crippen molar-refractivity contribution in [2.24, 2.45) is 4.99 Å². The second kappa shape index (κ2) is 8.55. The Morgan fingerprint density at radius 3 is 2.55 bits per heavy atom. The minimum atomic E-state index is -0.462. The average molecular weight is 394 g/mol. The number of nitrogens with zero attached hydrogens (tertiary/aromatic N) is 3. The van der Waals surface area contributed by atoms with E-state index in [2.05, 4.69) is 15.1 Å². The Bertz CT molecular complexity index is 1110. The molecule has 0 atom stereocenters. The van der Waals surface area contributed by atoms with E-state index in [1.807, 2.05) is 19.1 Å². The number of carbonyl (C=O) groups excluding carboxylic acids is 1. The summed E-state index contributed by atoms with van der Waals surface area (Å²) in [6, 6.07) is 10.7. The zero-order chi connectivity index (χ0) is 21.0. The summed E-state index contributed by atoms with van der Waals surface area (Å²) in [6.45, 7) is 3.61.